The molecule has 1 aliphatic heterocycles. The molecule has 1 fully saturated rings. The van der Waals surface area contributed by atoms with Crippen molar-refractivity contribution in [1.82, 2.24) is 25.2 Å². The Morgan fingerprint density at radius 1 is 1.43 bits per heavy atom. The molecule has 114 valence electrons. The van der Waals surface area contributed by atoms with Gasteiger partial charge in [0.05, 0.1) is 6.20 Å². The lowest BCUT2D eigenvalue weighted by molar-refractivity contribution is -0.142. The molecule has 1 aliphatic rings. The van der Waals surface area contributed by atoms with Crippen LogP contribution in [0.15, 0.2) is 6.20 Å². The number of carbonyl (C=O) groups excluding carboxylic acids is 2. The molecule has 0 aliphatic carbocycles. The number of nitrogens with zero attached hydrogens (tertiary/aromatic N) is 4. The predicted octanol–water partition coefficient (Wildman–Crippen LogP) is -0.897. The Kier molecular flexibility index (Phi) is 4.51. The van der Waals surface area contributed by atoms with Gasteiger partial charge in [0.25, 0.3) is 0 Å². The molecular formula is C12H17N5O4. The SMILES string of the molecule is CNC(=O)C1CCCCN1C(=O)Cn1cc(C(=O)O)nn1. The van der Waals surface area contributed by atoms with Gasteiger partial charge in [0.2, 0.25) is 11.8 Å². The Morgan fingerprint density at radius 2 is 2.19 bits per heavy atom. The third-order valence-corrected chi connectivity index (χ3v) is 3.43. The Balaban J connectivity index is 2.06. The van der Waals surface area contributed by atoms with Gasteiger partial charge in [-0.3, -0.25) is 9.59 Å². The van der Waals surface area contributed by atoms with E-state index in [0.29, 0.717) is 13.0 Å². The summed E-state index contributed by atoms with van der Waals surface area (Å²) in [6.45, 7) is 0.380. The molecule has 2 rings (SSSR count). The first-order valence-corrected chi connectivity index (χ1v) is 6.67. The molecule has 1 unspecified atom stereocenters. The van der Waals surface area contributed by atoms with E-state index in [9.17, 15) is 14.4 Å². The first kappa shape index (κ1) is 14.9. The van der Waals surface area contributed by atoms with Gasteiger partial charge in [-0.15, -0.1) is 5.10 Å². The van der Waals surface area contributed by atoms with E-state index < -0.39 is 12.0 Å². The van der Waals surface area contributed by atoms with Crippen LogP contribution < -0.4 is 5.32 Å². The van der Waals surface area contributed by atoms with Crippen LogP contribution in [0.25, 0.3) is 0 Å². The molecule has 0 aromatic carbocycles. The Morgan fingerprint density at radius 3 is 2.81 bits per heavy atom. The highest BCUT2D eigenvalue weighted by atomic mass is 16.4. The second kappa shape index (κ2) is 6.33. The number of carboxylic acids is 1. The van der Waals surface area contributed by atoms with Gasteiger partial charge in [0, 0.05) is 13.6 Å². The number of hydrogen-bond acceptors (Lipinski definition) is 5. The third-order valence-electron chi connectivity index (χ3n) is 3.43. The van der Waals surface area contributed by atoms with Crippen molar-refractivity contribution in [2.45, 2.75) is 31.8 Å². The summed E-state index contributed by atoms with van der Waals surface area (Å²) in [5.41, 5.74) is -0.218. The summed E-state index contributed by atoms with van der Waals surface area (Å²) in [4.78, 5) is 36.3. The molecule has 0 radical (unpaired) electrons. The number of piperidine rings is 1. The van der Waals surface area contributed by atoms with Gasteiger partial charge in [0.1, 0.15) is 12.6 Å². The van der Waals surface area contributed by atoms with Crippen molar-refractivity contribution < 1.29 is 19.5 Å². The van der Waals surface area contributed by atoms with Crippen molar-refractivity contribution >= 4 is 17.8 Å². The first-order chi connectivity index (χ1) is 10.0. The Hall–Kier alpha value is -2.45. The number of aromatic carboxylic acids is 1. The van der Waals surface area contributed by atoms with Crippen LogP contribution in [0.1, 0.15) is 29.8 Å². The van der Waals surface area contributed by atoms with Crippen LogP contribution >= 0.6 is 0 Å². The minimum atomic E-state index is -1.20. The maximum Gasteiger partial charge on any atom is 0.358 e. The van der Waals surface area contributed by atoms with Gasteiger partial charge in [-0.2, -0.15) is 0 Å². The summed E-state index contributed by atoms with van der Waals surface area (Å²) < 4.78 is 1.17. The molecule has 2 heterocycles. The van der Waals surface area contributed by atoms with Crippen molar-refractivity contribution in [3.8, 4) is 0 Å². The van der Waals surface area contributed by atoms with Crippen LogP contribution in [0, 0.1) is 0 Å². The Bertz CT molecular complexity index is 556. The fourth-order valence-corrected chi connectivity index (χ4v) is 2.37. The van der Waals surface area contributed by atoms with Crippen LogP contribution in [-0.2, 0) is 16.1 Å². The van der Waals surface area contributed by atoms with Crippen molar-refractivity contribution in [3.05, 3.63) is 11.9 Å². The topological polar surface area (TPSA) is 117 Å². The van der Waals surface area contributed by atoms with Crippen LogP contribution in [0.2, 0.25) is 0 Å². The predicted molar refractivity (Wildman–Crippen MR) is 70.4 cm³/mol. The normalized spacial score (nSPS) is 18.3. The molecule has 2 N–H and O–H groups in total. The maximum atomic E-state index is 12.3. The van der Waals surface area contributed by atoms with Crippen molar-refractivity contribution in [3.63, 3.8) is 0 Å². The minimum absolute atomic E-state index is 0.131. The zero-order chi connectivity index (χ0) is 15.4. The number of aromatic nitrogens is 3. The summed E-state index contributed by atoms with van der Waals surface area (Å²) in [6, 6.07) is -0.473. The second-order valence-electron chi connectivity index (χ2n) is 4.82. The second-order valence-corrected chi connectivity index (χ2v) is 4.82. The minimum Gasteiger partial charge on any atom is -0.476 e. The van der Waals surface area contributed by atoms with Gasteiger partial charge < -0.3 is 15.3 Å². The number of carbonyl (C=O) groups is 3. The molecule has 0 saturated carbocycles. The fraction of sp³-hybridized carbons (Fsp3) is 0.583. The van der Waals surface area contributed by atoms with Crippen molar-refractivity contribution in [1.29, 1.82) is 0 Å². The van der Waals surface area contributed by atoms with Gasteiger partial charge in [-0.25, -0.2) is 9.48 Å². The fourth-order valence-electron chi connectivity index (χ4n) is 2.37. The van der Waals surface area contributed by atoms with E-state index in [-0.39, 0.29) is 24.1 Å². The summed E-state index contributed by atoms with van der Waals surface area (Å²) in [5.74, 6) is -1.66. The van der Waals surface area contributed by atoms with Crippen LogP contribution in [-0.4, -0.2) is 62.4 Å². The summed E-state index contributed by atoms with van der Waals surface area (Å²) >= 11 is 0. The average molecular weight is 295 g/mol. The third kappa shape index (κ3) is 3.36. The van der Waals surface area contributed by atoms with Gasteiger partial charge in [0.15, 0.2) is 5.69 Å². The smallest absolute Gasteiger partial charge is 0.358 e. The molecule has 9 nitrogen and oxygen atoms in total. The van der Waals surface area contributed by atoms with E-state index in [1.807, 2.05) is 0 Å². The lowest BCUT2D eigenvalue weighted by Crippen LogP contribution is -2.52. The van der Waals surface area contributed by atoms with Crippen LogP contribution in [0.5, 0.6) is 0 Å². The molecule has 21 heavy (non-hydrogen) atoms. The van der Waals surface area contributed by atoms with E-state index in [2.05, 4.69) is 15.6 Å². The number of likely N-dealkylation sites (tertiary alicyclic amines) is 1. The largest absolute Gasteiger partial charge is 0.476 e. The molecule has 2 amide bonds. The van der Waals surface area contributed by atoms with Gasteiger partial charge in [-0.1, -0.05) is 5.21 Å². The maximum absolute atomic E-state index is 12.3. The van der Waals surface area contributed by atoms with Crippen LogP contribution in [0.3, 0.4) is 0 Å². The van der Waals surface area contributed by atoms with E-state index >= 15 is 0 Å². The summed E-state index contributed by atoms with van der Waals surface area (Å²) in [7, 11) is 1.54. The Labute approximate surface area is 120 Å². The molecular weight excluding hydrogens is 278 g/mol. The molecule has 1 aromatic heterocycles. The molecule has 1 aromatic rings. The highest BCUT2D eigenvalue weighted by Gasteiger charge is 2.31. The number of hydrogen-bond donors (Lipinski definition) is 2. The lowest BCUT2D eigenvalue weighted by Gasteiger charge is -2.34. The number of rotatable bonds is 4. The van der Waals surface area contributed by atoms with Gasteiger partial charge in [-0.05, 0) is 19.3 Å². The number of nitrogens with one attached hydrogen (secondary N) is 1. The van der Waals surface area contributed by atoms with Crippen molar-refractivity contribution in [2.24, 2.45) is 0 Å². The quantitative estimate of drug-likeness (QED) is 0.743. The zero-order valence-electron chi connectivity index (χ0n) is 11.7. The molecule has 0 spiro atoms. The molecule has 0 bridgehead atoms. The standard InChI is InChI=1S/C12H17N5O4/c1-13-11(19)9-4-2-3-5-17(9)10(18)7-16-6-8(12(20)21)14-15-16/h6,9H,2-5,7H2,1H3,(H,13,19)(H,20,21). The number of amides is 2. The highest BCUT2D eigenvalue weighted by Crippen LogP contribution is 2.17. The molecule has 1 saturated heterocycles. The zero-order valence-corrected chi connectivity index (χ0v) is 11.7. The summed E-state index contributed by atoms with van der Waals surface area (Å²) in [6.07, 6.45) is 3.56. The van der Waals surface area contributed by atoms with E-state index in [1.54, 1.807) is 0 Å². The monoisotopic (exact) mass is 295 g/mol. The average Bonchev–Trinajstić information content (AvgIpc) is 2.95. The summed E-state index contributed by atoms with van der Waals surface area (Å²) in [5, 5.41) is 18.4. The highest BCUT2D eigenvalue weighted by molar-refractivity contribution is 5.88. The number of likely N-dealkylation sites (N-methyl/N-ethyl adjacent to an activating group) is 1. The van der Waals surface area contributed by atoms with Crippen molar-refractivity contribution in [2.75, 3.05) is 13.6 Å². The van der Waals surface area contributed by atoms with Crippen LogP contribution in [0.4, 0.5) is 0 Å². The van der Waals surface area contributed by atoms with E-state index in [4.69, 9.17) is 5.11 Å². The van der Waals surface area contributed by atoms with E-state index in [1.165, 1.54) is 22.8 Å². The molecule has 1 atom stereocenters. The molecule has 9 heteroatoms. The number of carboxylic acid groups (broad SMARTS) is 1. The van der Waals surface area contributed by atoms with E-state index in [0.717, 1.165) is 12.8 Å². The van der Waals surface area contributed by atoms with Gasteiger partial charge >= 0.3 is 5.97 Å². The lowest BCUT2D eigenvalue weighted by atomic mass is 10.0. The first-order valence-electron chi connectivity index (χ1n) is 6.67.